The van der Waals surface area contributed by atoms with Gasteiger partial charge in [0.15, 0.2) is 0 Å². The molecule has 0 spiro atoms. The summed E-state index contributed by atoms with van der Waals surface area (Å²) in [5, 5.41) is 3.00. The smallest absolute Gasteiger partial charge is 0.317 e. The van der Waals surface area contributed by atoms with Crippen molar-refractivity contribution in [1.82, 2.24) is 14.8 Å². The summed E-state index contributed by atoms with van der Waals surface area (Å²) in [6.07, 6.45) is 1.01. The summed E-state index contributed by atoms with van der Waals surface area (Å²) in [6, 6.07) is 11.6. The summed E-state index contributed by atoms with van der Waals surface area (Å²) in [5.74, 6) is 1.28. The van der Waals surface area contributed by atoms with Crippen molar-refractivity contribution in [2.45, 2.75) is 38.8 Å². The zero-order valence-electron chi connectivity index (χ0n) is 16.6. The molecule has 1 fully saturated rings. The molecule has 6 heteroatoms. The number of likely N-dealkylation sites (tertiary alicyclic amines) is 1. The molecule has 2 bridgehead atoms. The fourth-order valence-electron chi connectivity index (χ4n) is 4.53. The van der Waals surface area contributed by atoms with Crippen LogP contribution in [-0.4, -0.2) is 41.7 Å². The van der Waals surface area contributed by atoms with Crippen molar-refractivity contribution in [2.24, 2.45) is 5.92 Å². The van der Waals surface area contributed by atoms with Gasteiger partial charge in [0.05, 0.1) is 7.11 Å². The van der Waals surface area contributed by atoms with Gasteiger partial charge in [0, 0.05) is 48.9 Å². The minimum atomic E-state index is -0.0116. The van der Waals surface area contributed by atoms with Crippen molar-refractivity contribution >= 4 is 6.03 Å². The van der Waals surface area contributed by atoms with Crippen LogP contribution in [0.3, 0.4) is 0 Å². The Bertz CT molecular complexity index is 933. The van der Waals surface area contributed by atoms with Crippen molar-refractivity contribution in [2.75, 3.05) is 20.2 Å². The zero-order valence-corrected chi connectivity index (χ0v) is 16.6. The van der Waals surface area contributed by atoms with Gasteiger partial charge in [0.1, 0.15) is 5.75 Å². The number of amides is 2. The van der Waals surface area contributed by atoms with E-state index in [0.717, 1.165) is 29.0 Å². The SMILES string of the molecule is COc1ccc(-c2ccc(=O)n3c2[C@@H]2C[C@@H](CN(C(=O)NC(C)C)C2)C3)cc1. The molecule has 148 valence electrons. The van der Waals surface area contributed by atoms with E-state index >= 15 is 0 Å². The maximum atomic E-state index is 12.6. The molecule has 1 N–H and O–H groups in total. The van der Waals surface area contributed by atoms with Gasteiger partial charge in [-0.2, -0.15) is 0 Å². The van der Waals surface area contributed by atoms with Crippen molar-refractivity contribution in [3.05, 3.63) is 52.4 Å². The largest absolute Gasteiger partial charge is 0.497 e. The summed E-state index contributed by atoms with van der Waals surface area (Å²) in [7, 11) is 1.65. The van der Waals surface area contributed by atoms with Crippen LogP contribution < -0.4 is 15.6 Å². The number of hydrogen-bond acceptors (Lipinski definition) is 3. The van der Waals surface area contributed by atoms with Crippen LogP contribution in [0.5, 0.6) is 5.75 Å². The minimum absolute atomic E-state index is 0.0116. The lowest BCUT2D eigenvalue weighted by atomic mass is 9.80. The van der Waals surface area contributed by atoms with Gasteiger partial charge in [-0.25, -0.2) is 4.79 Å². The molecule has 2 aromatic rings. The summed E-state index contributed by atoms with van der Waals surface area (Å²) >= 11 is 0. The summed E-state index contributed by atoms with van der Waals surface area (Å²) in [5.41, 5.74) is 3.22. The van der Waals surface area contributed by atoms with E-state index < -0.39 is 0 Å². The van der Waals surface area contributed by atoms with E-state index in [1.54, 1.807) is 13.2 Å². The Hall–Kier alpha value is -2.76. The molecule has 2 aliphatic heterocycles. The van der Waals surface area contributed by atoms with Gasteiger partial charge in [-0.15, -0.1) is 0 Å². The molecule has 2 amide bonds. The molecule has 0 saturated carbocycles. The number of rotatable bonds is 3. The van der Waals surface area contributed by atoms with Gasteiger partial charge in [-0.3, -0.25) is 4.79 Å². The number of carbonyl (C=O) groups excluding carboxylic acids is 1. The van der Waals surface area contributed by atoms with Crippen LogP contribution in [-0.2, 0) is 6.54 Å². The predicted molar refractivity (Wildman–Crippen MR) is 109 cm³/mol. The highest BCUT2D eigenvalue weighted by Crippen LogP contribution is 2.40. The van der Waals surface area contributed by atoms with E-state index in [2.05, 4.69) is 5.32 Å². The van der Waals surface area contributed by atoms with Crippen LogP contribution in [0.4, 0.5) is 4.79 Å². The Morgan fingerprint density at radius 3 is 2.54 bits per heavy atom. The van der Waals surface area contributed by atoms with E-state index in [0.29, 0.717) is 25.6 Å². The monoisotopic (exact) mass is 381 g/mol. The molecule has 0 radical (unpaired) electrons. The Morgan fingerprint density at radius 1 is 1.11 bits per heavy atom. The molecule has 6 nitrogen and oxygen atoms in total. The number of fused-ring (bicyclic) bond motifs is 4. The first-order chi connectivity index (χ1) is 13.5. The van der Waals surface area contributed by atoms with Crippen molar-refractivity contribution in [3.8, 4) is 16.9 Å². The zero-order chi connectivity index (χ0) is 19.8. The summed E-state index contributed by atoms with van der Waals surface area (Å²) in [4.78, 5) is 27.1. The lowest BCUT2D eigenvalue weighted by Crippen LogP contribution is -2.53. The number of ether oxygens (including phenoxy) is 1. The molecule has 28 heavy (non-hydrogen) atoms. The van der Waals surface area contributed by atoms with E-state index in [-0.39, 0.29) is 23.6 Å². The van der Waals surface area contributed by atoms with Crippen molar-refractivity contribution in [3.63, 3.8) is 0 Å². The average Bonchev–Trinajstić information content (AvgIpc) is 2.68. The number of hydrogen-bond donors (Lipinski definition) is 1. The number of pyridine rings is 1. The molecular formula is C22H27N3O3. The Balaban J connectivity index is 1.72. The number of benzene rings is 1. The first-order valence-corrected chi connectivity index (χ1v) is 9.90. The van der Waals surface area contributed by atoms with Gasteiger partial charge in [-0.1, -0.05) is 12.1 Å². The standard InChI is InChI=1S/C22H27N3O3/c1-14(2)23-22(27)24-11-15-10-17(13-24)21-19(8-9-20(26)25(21)12-15)16-4-6-18(28-3)7-5-16/h4-9,14-15,17H,10-13H2,1-3H3,(H,23,27)/t15-,17+/m0/s1. The molecule has 1 saturated heterocycles. The number of aromatic nitrogens is 1. The third-order valence-electron chi connectivity index (χ3n) is 5.69. The molecule has 1 aromatic carbocycles. The van der Waals surface area contributed by atoms with Crippen LogP contribution in [0, 0.1) is 5.92 Å². The quantitative estimate of drug-likeness (QED) is 0.889. The van der Waals surface area contributed by atoms with Gasteiger partial charge >= 0.3 is 6.03 Å². The normalized spacial score (nSPS) is 20.6. The molecule has 0 aliphatic carbocycles. The Kier molecular flexibility index (Phi) is 4.87. The number of nitrogens with one attached hydrogen (secondary N) is 1. The molecule has 4 rings (SSSR count). The fraction of sp³-hybridized carbons (Fsp3) is 0.455. The van der Waals surface area contributed by atoms with Crippen molar-refractivity contribution < 1.29 is 9.53 Å². The average molecular weight is 381 g/mol. The van der Waals surface area contributed by atoms with E-state index in [9.17, 15) is 9.59 Å². The fourth-order valence-corrected chi connectivity index (χ4v) is 4.53. The van der Waals surface area contributed by atoms with Crippen LogP contribution in [0.2, 0.25) is 0 Å². The topological polar surface area (TPSA) is 63.6 Å². The lowest BCUT2D eigenvalue weighted by Gasteiger charge is -2.43. The molecule has 3 heterocycles. The minimum Gasteiger partial charge on any atom is -0.497 e. The van der Waals surface area contributed by atoms with Crippen LogP contribution in [0.25, 0.3) is 11.1 Å². The third-order valence-corrected chi connectivity index (χ3v) is 5.69. The molecular weight excluding hydrogens is 354 g/mol. The number of carbonyl (C=O) groups is 1. The highest BCUT2D eigenvalue weighted by atomic mass is 16.5. The van der Waals surface area contributed by atoms with Crippen LogP contribution >= 0.6 is 0 Å². The van der Waals surface area contributed by atoms with Gasteiger partial charge in [0.2, 0.25) is 0 Å². The number of piperidine rings is 1. The van der Waals surface area contributed by atoms with Gasteiger partial charge < -0.3 is 19.5 Å². The van der Waals surface area contributed by atoms with E-state index in [4.69, 9.17) is 4.74 Å². The van der Waals surface area contributed by atoms with E-state index in [1.165, 1.54) is 0 Å². The highest BCUT2D eigenvalue weighted by Gasteiger charge is 2.37. The molecule has 1 aromatic heterocycles. The first kappa shape index (κ1) is 18.6. The second-order valence-electron chi connectivity index (χ2n) is 8.12. The number of methoxy groups -OCH3 is 1. The predicted octanol–water partition coefficient (Wildman–Crippen LogP) is 3.06. The van der Waals surface area contributed by atoms with Crippen LogP contribution in [0.15, 0.2) is 41.2 Å². The Labute approximate surface area is 165 Å². The van der Waals surface area contributed by atoms with Crippen molar-refractivity contribution in [1.29, 1.82) is 0 Å². The Morgan fingerprint density at radius 2 is 1.86 bits per heavy atom. The van der Waals surface area contributed by atoms with Crippen LogP contribution in [0.1, 0.15) is 31.9 Å². The van der Waals surface area contributed by atoms with Gasteiger partial charge in [0.25, 0.3) is 5.56 Å². The molecule has 0 unspecified atom stereocenters. The highest BCUT2D eigenvalue weighted by molar-refractivity contribution is 5.75. The second kappa shape index (κ2) is 7.34. The maximum absolute atomic E-state index is 12.6. The maximum Gasteiger partial charge on any atom is 0.317 e. The lowest BCUT2D eigenvalue weighted by molar-refractivity contribution is 0.130. The summed E-state index contributed by atoms with van der Waals surface area (Å²) < 4.78 is 7.19. The first-order valence-electron chi connectivity index (χ1n) is 9.90. The molecule has 2 atom stereocenters. The van der Waals surface area contributed by atoms with E-state index in [1.807, 2.05) is 53.6 Å². The summed E-state index contributed by atoms with van der Waals surface area (Å²) in [6.45, 7) is 5.95. The second-order valence-corrected chi connectivity index (χ2v) is 8.12. The number of urea groups is 1. The number of nitrogens with zero attached hydrogens (tertiary/aromatic N) is 2. The molecule has 2 aliphatic rings. The third kappa shape index (κ3) is 3.39. The van der Waals surface area contributed by atoms with Gasteiger partial charge in [-0.05, 0) is 49.9 Å².